The van der Waals surface area contributed by atoms with Crippen molar-refractivity contribution in [2.24, 2.45) is 0 Å². The molecule has 2 heterocycles. The van der Waals surface area contributed by atoms with Crippen LogP contribution >= 0.6 is 0 Å². The molecule has 0 amide bonds. The lowest BCUT2D eigenvalue weighted by Crippen LogP contribution is -2.34. The van der Waals surface area contributed by atoms with Gasteiger partial charge in [0.05, 0.1) is 48.9 Å². The highest BCUT2D eigenvalue weighted by Crippen LogP contribution is 2.41. The highest BCUT2D eigenvalue weighted by atomic mass is 16.7. The zero-order valence-electron chi connectivity index (χ0n) is 26.9. The van der Waals surface area contributed by atoms with Crippen LogP contribution in [0.3, 0.4) is 0 Å². The smallest absolute Gasteiger partial charge is 0.336 e. The second-order valence-corrected chi connectivity index (χ2v) is 11.2. The zero-order valence-corrected chi connectivity index (χ0v) is 26.9. The van der Waals surface area contributed by atoms with Crippen LogP contribution in [-0.4, -0.2) is 56.7 Å². The number of allylic oxidation sites excluding steroid dienone is 2. The van der Waals surface area contributed by atoms with Crippen LogP contribution in [0.15, 0.2) is 71.1 Å². The molecule has 11 nitrogen and oxygen atoms in total. The SMILES string of the molecule is CCCC1=C(C(=O)OCCCOc2ccc(CCOC3CCCCO3)cc2)C(c2cccc([N+](=O)[O-])c2)C(C(=O)OC)=C(CC)N1. The fourth-order valence-corrected chi connectivity index (χ4v) is 5.67. The minimum Gasteiger partial charge on any atom is -0.493 e. The number of benzene rings is 2. The number of nitro groups is 1. The molecule has 1 fully saturated rings. The monoisotopic (exact) mass is 636 g/mol. The van der Waals surface area contributed by atoms with Gasteiger partial charge in [-0.25, -0.2) is 9.59 Å². The second-order valence-electron chi connectivity index (χ2n) is 11.2. The first-order chi connectivity index (χ1) is 22.4. The van der Waals surface area contributed by atoms with E-state index in [1.165, 1.54) is 19.2 Å². The molecule has 0 bridgehead atoms. The quantitative estimate of drug-likeness (QED) is 0.0972. The lowest BCUT2D eigenvalue weighted by atomic mass is 9.79. The number of ether oxygens (including phenoxy) is 5. The molecule has 2 unspecified atom stereocenters. The molecular formula is C35H44N2O9. The van der Waals surface area contributed by atoms with Gasteiger partial charge in [0.1, 0.15) is 5.75 Å². The number of dihydropyridines is 1. The van der Waals surface area contributed by atoms with Crippen molar-refractivity contribution in [2.45, 2.75) is 77.4 Å². The Morgan fingerprint density at radius 1 is 0.978 bits per heavy atom. The Labute approximate surface area is 270 Å². The van der Waals surface area contributed by atoms with Crippen molar-refractivity contribution >= 4 is 17.6 Å². The maximum absolute atomic E-state index is 13.7. The number of non-ortho nitro benzene ring substituents is 1. The minimum atomic E-state index is -0.895. The second kappa shape index (κ2) is 17.5. The maximum atomic E-state index is 13.7. The summed E-state index contributed by atoms with van der Waals surface area (Å²) >= 11 is 0. The van der Waals surface area contributed by atoms with Crippen LogP contribution in [0.4, 0.5) is 5.69 Å². The lowest BCUT2D eigenvalue weighted by Gasteiger charge is -2.32. The van der Waals surface area contributed by atoms with E-state index in [-0.39, 0.29) is 29.7 Å². The minimum absolute atomic E-state index is 0.0833. The zero-order chi connectivity index (χ0) is 32.9. The van der Waals surface area contributed by atoms with E-state index in [0.717, 1.165) is 44.3 Å². The molecule has 2 aliphatic heterocycles. The molecule has 11 heteroatoms. The van der Waals surface area contributed by atoms with Crippen LogP contribution in [0.25, 0.3) is 0 Å². The summed E-state index contributed by atoms with van der Waals surface area (Å²) in [4.78, 5) is 37.9. The van der Waals surface area contributed by atoms with E-state index < -0.39 is 22.8 Å². The molecule has 1 N–H and O–H groups in total. The maximum Gasteiger partial charge on any atom is 0.336 e. The predicted molar refractivity (Wildman–Crippen MR) is 171 cm³/mol. The molecule has 46 heavy (non-hydrogen) atoms. The van der Waals surface area contributed by atoms with Gasteiger partial charge < -0.3 is 29.0 Å². The normalized spacial score (nSPS) is 18.2. The molecule has 0 spiro atoms. The van der Waals surface area contributed by atoms with Crippen molar-refractivity contribution in [1.82, 2.24) is 5.32 Å². The van der Waals surface area contributed by atoms with E-state index in [1.807, 2.05) is 38.1 Å². The van der Waals surface area contributed by atoms with Crippen molar-refractivity contribution in [3.8, 4) is 5.75 Å². The topological polar surface area (TPSA) is 135 Å². The van der Waals surface area contributed by atoms with Gasteiger partial charge in [-0.2, -0.15) is 0 Å². The van der Waals surface area contributed by atoms with Crippen molar-refractivity contribution in [3.05, 3.63) is 92.3 Å². The van der Waals surface area contributed by atoms with E-state index in [9.17, 15) is 19.7 Å². The summed E-state index contributed by atoms with van der Waals surface area (Å²) in [5.74, 6) is -1.41. The summed E-state index contributed by atoms with van der Waals surface area (Å²) in [6.07, 6.45) is 6.01. The molecule has 2 aliphatic rings. The number of nitrogens with one attached hydrogen (secondary N) is 1. The molecule has 2 aromatic carbocycles. The molecule has 0 aliphatic carbocycles. The number of esters is 2. The Morgan fingerprint density at radius 2 is 1.76 bits per heavy atom. The molecule has 2 aromatic rings. The van der Waals surface area contributed by atoms with E-state index in [1.54, 1.807) is 12.1 Å². The van der Waals surface area contributed by atoms with Crippen LogP contribution in [0.5, 0.6) is 5.75 Å². The van der Waals surface area contributed by atoms with Crippen LogP contribution in [0.2, 0.25) is 0 Å². The van der Waals surface area contributed by atoms with Gasteiger partial charge >= 0.3 is 11.9 Å². The first kappa shape index (κ1) is 34.6. The summed E-state index contributed by atoms with van der Waals surface area (Å²) in [5.41, 5.74) is 3.14. The number of nitro benzene ring substituents is 1. The van der Waals surface area contributed by atoms with E-state index in [2.05, 4.69) is 5.32 Å². The van der Waals surface area contributed by atoms with Crippen LogP contribution < -0.4 is 10.1 Å². The Morgan fingerprint density at radius 3 is 2.43 bits per heavy atom. The van der Waals surface area contributed by atoms with E-state index >= 15 is 0 Å². The summed E-state index contributed by atoms with van der Waals surface area (Å²) < 4.78 is 28.1. The molecule has 4 rings (SSSR count). The fraction of sp³-hybridized carbons (Fsp3) is 0.486. The molecular weight excluding hydrogens is 592 g/mol. The fourth-order valence-electron chi connectivity index (χ4n) is 5.67. The molecule has 0 aromatic heterocycles. The van der Waals surface area contributed by atoms with Gasteiger partial charge in [0.25, 0.3) is 5.69 Å². The number of methoxy groups -OCH3 is 1. The van der Waals surface area contributed by atoms with Gasteiger partial charge in [-0.1, -0.05) is 44.5 Å². The Bertz CT molecular complexity index is 1410. The van der Waals surface area contributed by atoms with Crippen LogP contribution in [0.1, 0.15) is 75.8 Å². The van der Waals surface area contributed by atoms with E-state index in [4.69, 9.17) is 23.7 Å². The number of hydrogen-bond acceptors (Lipinski definition) is 10. The first-order valence-corrected chi connectivity index (χ1v) is 16.0. The van der Waals surface area contributed by atoms with Crippen LogP contribution in [-0.2, 0) is 35.0 Å². The average Bonchev–Trinajstić information content (AvgIpc) is 3.08. The Hall–Kier alpha value is -4.22. The van der Waals surface area contributed by atoms with Crippen molar-refractivity contribution in [3.63, 3.8) is 0 Å². The number of carbonyl (C=O) groups excluding carboxylic acids is 2. The third-order valence-electron chi connectivity index (χ3n) is 7.97. The highest BCUT2D eigenvalue weighted by Gasteiger charge is 2.39. The molecule has 1 saturated heterocycles. The van der Waals surface area contributed by atoms with Gasteiger partial charge in [-0.05, 0) is 61.8 Å². The average molecular weight is 637 g/mol. The number of hydrogen-bond donors (Lipinski definition) is 1. The number of nitrogens with zero attached hydrogens (tertiary/aromatic N) is 1. The molecule has 2 atom stereocenters. The molecule has 0 radical (unpaired) electrons. The van der Waals surface area contributed by atoms with Crippen LogP contribution in [0, 0.1) is 10.1 Å². The number of rotatable bonds is 16. The molecule has 0 saturated carbocycles. The summed E-state index contributed by atoms with van der Waals surface area (Å²) in [7, 11) is 1.27. The Kier molecular flexibility index (Phi) is 13.2. The standard InChI is InChI=1S/C35H44N2O9/c1-4-10-29-33(31(25-11-8-12-26(23-25)37(40)41)32(34(38)42-3)28(5-2)36-29)35(39)46-21-9-20-43-27-16-14-24(15-17-27)18-22-45-30-13-6-7-19-44-30/h8,11-12,14-17,23,30-31,36H,4-7,9-10,13,18-22H2,1-3H3. The van der Waals surface area contributed by atoms with Gasteiger partial charge in [0.2, 0.25) is 0 Å². The number of carbonyl (C=O) groups is 2. The van der Waals surface area contributed by atoms with Gasteiger partial charge in [-0.3, -0.25) is 10.1 Å². The van der Waals surface area contributed by atoms with Gasteiger partial charge in [-0.15, -0.1) is 0 Å². The van der Waals surface area contributed by atoms with E-state index in [0.29, 0.717) is 55.2 Å². The highest BCUT2D eigenvalue weighted by molar-refractivity contribution is 6.00. The van der Waals surface area contributed by atoms with Gasteiger partial charge in [0.15, 0.2) is 6.29 Å². The van der Waals surface area contributed by atoms with Gasteiger partial charge in [0, 0.05) is 36.6 Å². The van der Waals surface area contributed by atoms with Crippen molar-refractivity contribution in [1.29, 1.82) is 0 Å². The first-order valence-electron chi connectivity index (χ1n) is 16.0. The van der Waals surface area contributed by atoms with Crippen molar-refractivity contribution < 1.29 is 38.2 Å². The molecule has 248 valence electrons. The summed E-state index contributed by atoms with van der Waals surface area (Å²) in [6.45, 7) is 5.64. The lowest BCUT2D eigenvalue weighted by molar-refractivity contribution is -0.384. The summed E-state index contributed by atoms with van der Waals surface area (Å²) in [6, 6.07) is 13.8. The Balaban J connectivity index is 1.39. The van der Waals surface area contributed by atoms with Crippen molar-refractivity contribution in [2.75, 3.05) is 33.5 Å². The third-order valence-corrected chi connectivity index (χ3v) is 7.97. The summed E-state index contributed by atoms with van der Waals surface area (Å²) in [5, 5.41) is 14.9. The third kappa shape index (κ3) is 9.17. The largest absolute Gasteiger partial charge is 0.493 e. The predicted octanol–water partition coefficient (Wildman–Crippen LogP) is 6.27.